The molecule has 94 valence electrons. The van der Waals surface area contributed by atoms with Gasteiger partial charge in [-0.2, -0.15) is 0 Å². The summed E-state index contributed by atoms with van der Waals surface area (Å²) in [6, 6.07) is 4.89. The fourth-order valence-corrected chi connectivity index (χ4v) is 1.50. The van der Waals surface area contributed by atoms with E-state index in [4.69, 9.17) is 15.6 Å². The molecule has 0 aliphatic carbocycles. The van der Waals surface area contributed by atoms with E-state index in [1.54, 1.807) is 12.1 Å². The first-order chi connectivity index (χ1) is 8.06. The lowest BCUT2D eigenvalue weighted by atomic mass is 10.1. The third kappa shape index (κ3) is 3.64. The molecule has 0 radical (unpaired) electrons. The van der Waals surface area contributed by atoms with Crippen molar-refractivity contribution in [2.75, 3.05) is 24.2 Å². The number of aromatic carboxylic acids is 1. The lowest BCUT2D eigenvalue weighted by molar-refractivity contribution is 0.0698. The van der Waals surface area contributed by atoms with Crippen molar-refractivity contribution in [1.82, 2.24) is 0 Å². The molecule has 0 aliphatic heterocycles. The smallest absolute Gasteiger partial charge is 0.337 e. The summed E-state index contributed by atoms with van der Waals surface area (Å²) >= 11 is 0. The highest BCUT2D eigenvalue weighted by Crippen LogP contribution is 2.22. The number of nitrogens with one attached hydrogen (secondary N) is 1. The van der Waals surface area contributed by atoms with Gasteiger partial charge < -0.3 is 20.9 Å². The summed E-state index contributed by atoms with van der Waals surface area (Å²) < 4.78 is 5.36. The van der Waals surface area contributed by atoms with E-state index in [1.165, 1.54) is 6.07 Å². The quantitative estimate of drug-likeness (QED) is 0.658. The Bertz CT molecular complexity index is 393. The number of nitrogens with two attached hydrogens (primary N) is 1. The van der Waals surface area contributed by atoms with Crippen molar-refractivity contribution in [2.24, 2.45) is 0 Å². The largest absolute Gasteiger partial charge is 0.478 e. The van der Waals surface area contributed by atoms with Crippen LogP contribution in [0.5, 0.6) is 0 Å². The predicted molar refractivity (Wildman–Crippen MR) is 67.4 cm³/mol. The first-order valence-corrected chi connectivity index (χ1v) is 5.53. The second kappa shape index (κ2) is 6.10. The van der Waals surface area contributed by atoms with Crippen LogP contribution in [0, 0.1) is 0 Å². The lowest BCUT2D eigenvalue weighted by Crippen LogP contribution is -2.20. The molecule has 0 amide bonds. The molecule has 0 fully saturated rings. The van der Waals surface area contributed by atoms with Gasteiger partial charge in [-0.25, -0.2) is 4.79 Å². The van der Waals surface area contributed by atoms with Crippen molar-refractivity contribution in [3.63, 3.8) is 0 Å². The van der Waals surface area contributed by atoms with Crippen molar-refractivity contribution < 1.29 is 14.6 Å². The van der Waals surface area contributed by atoms with Crippen LogP contribution in [0.1, 0.15) is 24.2 Å². The average molecular weight is 238 g/mol. The first kappa shape index (κ1) is 13.3. The van der Waals surface area contributed by atoms with E-state index < -0.39 is 5.97 Å². The third-order valence-corrected chi connectivity index (χ3v) is 2.37. The maximum absolute atomic E-state index is 10.9. The van der Waals surface area contributed by atoms with E-state index >= 15 is 0 Å². The second-order valence-corrected chi connectivity index (χ2v) is 3.72. The zero-order chi connectivity index (χ0) is 12.8. The molecular formula is C12H18N2O3. The van der Waals surface area contributed by atoms with Gasteiger partial charge in [-0.05, 0) is 26.0 Å². The molecule has 5 heteroatoms. The predicted octanol–water partition coefficient (Wildman–Crippen LogP) is 1.80. The molecule has 1 atom stereocenters. The maximum atomic E-state index is 10.9. The van der Waals surface area contributed by atoms with Crippen LogP contribution >= 0.6 is 0 Å². The molecule has 0 saturated carbocycles. The zero-order valence-electron chi connectivity index (χ0n) is 10.1. The highest BCUT2D eigenvalue weighted by Gasteiger charge is 2.11. The highest BCUT2D eigenvalue weighted by atomic mass is 16.5. The molecule has 1 rings (SSSR count). The second-order valence-electron chi connectivity index (χ2n) is 3.72. The molecule has 1 unspecified atom stereocenters. The molecule has 0 saturated heterocycles. The number of carbonyl (C=O) groups is 1. The van der Waals surface area contributed by atoms with Crippen molar-refractivity contribution in [1.29, 1.82) is 0 Å². The van der Waals surface area contributed by atoms with E-state index in [0.29, 0.717) is 18.8 Å². The molecule has 4 N–H and O–H groups in total. The Balaban J connectivity index is 2.72. The monoisotopic (exact) mass is 238 g/mol. The molecule has 0 bridgehead atoms. The van der Waals surface area contributed by atoms with E-state index in [9.17, 15) is 4.79 Å². The molecule has 0 spiro atoms. The molecular weight excluding hydrogens is 220 g/mol. The minimum Gasteiger partial charge on any atom is -0.478 e. The minimum atomic E-state index is -1.02. The van der Waals surface area contributed by atoms with Gasteiger partial charge in [0, 0.05) is 13.2 Å². The number of para-hydroxylation sites is 1. The number of hydrogen-bond acceptors (Lipinski definition) is 4. The number of rotatable bonds is 6. The van der Waals surface area contributed by atoms with E-state index in [0.717, 1.165) is 0 Å². The molecule has 1 aromatic rings. The van der Waals surface area contributed by atoms with Crippen LogP contribution in [0.25, 0.3) is 0 Å². The summed E-state index contributed by atoms with van der Waals surface area (Å²) in [4.78, 5) is 10.9. The van der Waals surface area contributed by atoms with Crippen molar-refractivity contribution in [3.05, 3.63) is 23.8 Å². The number of nitrogen functional groups attached to an aromatic ring is 1. The van der Waals surface area contributed by atoms with E-state index in [-0.39, 0.29) is 17.4 Å². The Morgan fingerprint density at radius 2 is 2.29 bits per heavy atom. The summed E-state index contributed by atoms with van der Waals surface area (Å²) in [7, 11) is 0. The minimum absolute atomic E-state index is 0.0490. The number of carboxylic acids is 1. The normalized spacial score (nSPS) is 12.1. The zero-order valence-corrected chi connectivity index (χ0v) is 10.1. The van der Waals surface area contributed by atoms with E-state index in [1.807, 2.05) is 13.8 Å². The SMILES string of the molecule is CCOC(C)CNc1cccc(C(=O)O)c1N. The summed E-state index contributed by atoms with van der Waals surface area (Å²) in [5, 5.41) is 12.0. The van der Waals surface area contributed by atoms with Crippen LogP contribution in [0.4, 0.5) is 11.4 Å². The summed E-state index contributed by atoms with van der Waals surface area (Å²) in [6.07, 6.45) is 0.0490. The van der Waals surface area contributed by atoms with Crippen LogP contribution in [0.15, 0.2) is 18.2 Å². The Morgan fingerprint density at radius 3 is 2.88 bits per heavy atom. The van der Waals surface area contributed by atoms with Gasteiger partial charge in [-0.3, -0.25) is 0 Å². The van der Waals surface area contributed by atoms with Gasteiger partial charge in [0.1, 0.15) is 0 Å². The molecule has 1 aromatic carbocycles. The highest BCUT2D eigenvalue weighted by molar-refractivity contribution is 5.97. The number of anilines is 2. The fraction of sp³-hybridized carbons (Fsp3) is 0.417. The van der Waals surface area contributed by atoms with Crippen molar-refractivity contribution in [2.45, 2.75) is 20.0 Å². The standard InChI is InChI=1S/C12H18N2O3/c1-3-17-8(2)7-14-10-6-4-5-9(11(10)13)12(15)16/h4-6,8,14H,3,7,13H2,1-2H3,(H,15,16). The lowest BCUT2D eigenvalue weighted by Gasteiger charge is -2.15. The Labute approximate surface area is 101 Å². The molecule has 0 heterocycles. The average Bonchev–Trinajstić information content (AvgIpc) is 2.27. The number of benzene rings is 1. The van der Waals surface area contributed by atoms with Gasteiger partial charge in [0.2, 0.25) is 0 Å². The van der Waals surface area contributed by atoms with Crippen LogP contribution < -0.4 is 11.1 Å². The van der Waals surface area contributed by atoms with Gasteiger partial charge in [-0.1, -0.05) is 6.07 Å². The summed E-state index contributed by atoms with van der Waals surface area (Å²) in [5.74, 6) is -1.02. The van der Waals surface area contributed by atoms with Crippen LogP contribution in [-0.4, -0.2) is 30.3 Å². The number of carboxylic acid groups (broad SMARTS) is 1. The molecule has 5 nitrogen and oxygen atoms in total. The molecule has 0 aliphatic rings. The topological polar surface area (TPSA) is 84.6 Å². The Hall–Kier alpha value is -1.75. The summed E-state index contributed by atoms with van der Waals surface area (Å²) in [5.41, 5.74) is 6.75. The van der Waals surface area contributed by atoms with Crippen molar-refractivity contribution >= 4 is 17.3 Å². The van der Waals surface area contributed by atoms with Gasteiger partial charge in [-0.15, -0.1) is 0 Å². The molecule has 17 heavy (non-hydrogen) atoms. The van der Waals surface area contributed by atoms with Gasteiger partial charge in [0.25, 0.3) is 0 Å². The van der Waals surface area contributed by atoms with E-state index in [2.05, 4.69) is 5.32 Å². The number of ether oxygens (including phenoxy) is 1. The van der Waals surface area contributed by atoms with Crippen LogP contribution in [0.2, 0.25) is 0 Å². The number of hydrogen-bond donors (Lipinski definition) is 3. The Kier molecular flexibility index (Phi) is 4.78. The van der Waals surface area contributed by atoms with Gasteiger partial charge in [0.05, 0.1) is 23.0 Å². The van der Waals surface area contributed by atoms with Crippen LogP contribution in [0.3, 0.4) is 0 Å². The van der Waals surface area contributed by atoms with Gasteiger partial charge >= 0.3 is 5.97 Å². The first-order valence-electron chi connectivity index (χ1n) is 5.53. The molecule has 0 aromatic heterocycles. The summed E-state index contributed by atoms with van der Waals surface area (Å²) in [6.45, 7) is 5.10. The van der Waals surface area contributed by atoms with Crippen molar-refractivity contribution in [3.8, 4) is 0 Å². The van der Waals surface area contributed by atoms with Crippen LogP contribution in [-0.2, 0) is 4.74 Å². The maximum Gasteiger partial charge on any atom is 0.337 e. The third-order valence-electron chi connectivity index (χ3n) is 2.37. The van der Waals surface area contributed by atoms with Gasteiger partial charge in [0.15, 0.2) is 0 Å². The fourth-order valence-electron chi connectivity index (χ4n) is 1.50. The Morgan fingerprint density at radius 1 is 1.59 bits per heavy atom.